The minimum Gasteiger partial charge on any atom is -0.383 e. The fourth-order valence-corrected chi connectivity index (χ4v) is 5.05. The number of piperidine rings is 1. The van der Waals surface area contributed by atoms with Crippen LogP contribution in [0.2, 0.25) is 0 Å². The van der Waals surface area contributed by atoms with Crippen molar-refractivity contribution in [2.75, 3.05) is 46.4 Å². The Morgan fingerprint density at radius 3 is 2.67 bits per heavy atom. The molecule has 2 aliphatic heterocycles. The van der Waals surface area contributed by atoms with Gasteiger partial charge in [-0.2, -0.15) is 0 Å². The van der Waals surface area contributed by atoms with E-state index in [0.29, 0.717) is 5.92 Å². The SMILES string of the molecule is COCCN1C[C@@H]2CN(Cc3cccc(C)n3)CC[C@]2(c2ccccc2)C1. The van der Waals surface area contributed by atoms with Gasteiger partial charge in [-0.3, -0.25) is 14.8 Å². The van der Waals surface area contributed by atoms with Crippen molar-refractivity contribution < 1.29 is 4.74 Å². The van der Waals surface area contributed by atoms with Gasteiger partial charge in [0.15, 0.2) is 0 Å². The number of hydrogen-bond donors (Lipinski definition) is 0. The first kappa shape index (κ1) is 18.6. The molecule has 0 amide bonds. The molecule has 2 saturated heterocycles. The van der Waals surface area contributed by atoms with Gasteiger partial charge in [0, 0.05) is 50.9 Å². The zero-order chi connectivity index (χ0) is 18.7. The molecule has 0 spiro atoms. The molecule has 144 valence electrons. The van der Waals surface area contributed by atoms with Gasteiger partial charge in [0.25, 0.3) is 0 Å². The maximum Gasteiger partial charge on any atom is 0.0589 e. The maximum absolute atomic E-state index is 5.35. The Kier molecular flexibility index (Phi) is 5.58. The molecule has 3 heterocycles. The van der Waals surface area contributed by atoms with Crippen LogP contribution >= 0.6 is 0 Å². The molecule has 2 fully saturated rings. The molecule has 4 rings (SSSR count). The van der Waals surface area contributed by atoms with E-state index in [4.69, 9.17) is 9.72 Å². The first-order valence-corrected chi connectivity index (χ1v) is 10.1. The third kappa shape index (κ3) is 3.93. The molecule has 2 aromatic rings. The summed E-state index contributed by atoms with van der Waals surface area (Å²) in [5.74, 6) is 0.662. The standard InChI is InChI=1S/C23H31N3O/c1-19-7-6-10-22(24-19)17-25-12-11-23(20-8-4-3-5-9-20)18-26(13-14-27-2)16-21(23)15-25/h3-10,21H,11-18H2,1-2H3/t21-,23+/m0/s1. The highest BCUT2D eigenvalue weighted by Gasteiger charge is 2.50. The lowest BCUT2D eigenvalue weighted by Crippen LogP contribution is -2.49. The molecule has 4 heteroatoms. The van der Waals surface area contributed by atoms with Gasteiger partial charge < -0.3 is 4.74 Å². The first-order chi connectivity index (χ1) is 13.2. The van der Waals surface area contributed by atoms with Crippen molar-refractivity contribution in [2.24, 2.45) is 5.92 Å². The summed E-state index contributed by atoms with van der Waals surface area (Å²) in [6.45, 7) is 9.48. The van der Waals surface area contributed by atoms with E-state index < -0.39 is 0 Å². The summed E-state index contributed by atoms with van der Waals surface area (Å²) in [6.07, 6.45) is 1.22. The van der Waals surface area contributed by atoms with E-state index >= 15 is 0 Å². The average molecular weight is 366 g/mol. The van der Waals surface area contributed by atoms with Crippen molar-refractivity contribution >= 4 is 0 Å². The minimum absolute atomic E-state index is 0.283. The second-order valence-corrected chi connectivity index (χ2v) is 8.20. The zero-order valence-corrected chi connectivity index (χ0v) is 16.6. The van der Waals surface area contributed by atoms with Gasteiger partial charge in [-0.1, -0.05) is 36.4 Å². The molecular weight excluding hydrogens is 334 g/mol. The largest absolute Gasteiger partial charge is 0.383 e. The number of likely N-dealkylation sites (tertiary alicyclic amines) is 2. The molecule has 1 aromatic heterocycles. The summed E-state index contributed by atoms with van der Waals surface area (Å²) in [6, 6.07) is 17.6. The molecule has 0 unspecified atom stereocenters. The van der Waals surface area contributed by atoms with Crippen molar-refractivity contribution in [3.05, 3.63) is 65.5 Å². The highest BCUT2D eigenvalue weighted by molar-refractivity contribution is 5.30. The van der Waals surface area contributed by atoms with E-state index in [0.717, 1.165) is 51.6 Å². The Balaban J connectivity index is 1.52. The number of pyridine rings is 1. The molecule has 0 bridgehead atoms. The quantitative estimate of drug-likeness (QED) is 0.786. The number of methoxy groups -OCH3 is 1. The summed E-state index contributed by atoms with van der Waals surface area (Å²) in [5.41, 5.74) is 4.10. The Labute approximate surface area is 163 Å². The van der Waals surface area contributed by atoms with Gasteiger partial charge in [0.05, 0.1) is 12.3 Å². The smallest absolute Gasteiger partial charge is 0.0589 e. The lowest BCUT2D eigenvalue weighted by Gasteiger charge is -2.44. The number of rotatable bonds is 6. The van der Waals surface area contributed by atoms with Crippen LogP contribution in [0.4, 0.5) is 0 Å². The first-order valence-electron chi connectivity index (χ1n) is 10.1. The van der Waals surface area contributed by atoms with Crippen LogP contribution in [0.25, 0.3) is 0 Å². The predicted octanol–water partition coefficient (Wildman–Crippen LogP) is 3.11. The fourth-order valence-electron chi connectivity index (χ4n) is 5.05. The normalized spacial score (nSPS) is 26.2. The molecule has 0 saturated carbocycles. The number of ether oxygens (including phenoxy) is 1. The third-order valence-corrected chi connectivity index (χ3v) is 6.41. The molecule has 27 heavy (non-hydrogen) atoms. The van der Waals surface area contributed by atoms with E-state index in [2.05, 4.69) is 65.3 Å². The Hall–Kier alpha value is -1.75. The van der Waals surface area contributed by atoms with Gasteiger partial charge >= 0.3 is 0 Å². The predicted molar refractivity (Wildman–Crippen MR) is 109 cm³/mol. The van der Waals surface area contributed by atoms with Gasteiger partial charge in [-0.15, -0.1) is 0 Å². The van der Waals surface area contributed by atoms with E-state index in [9.17, 15) is 0 Å². The van der Waals surface area contributed by atoms with E-state index in [1.165, 1.54) is 17.7 Å². The fraction of sp³-hybridized carbons (Fsp3) is 0.522. The van der Waals surface area contributed by atoms with Crippen LogP contribution in [-0.4, -0.2) is 61.2 Å². The Morgan fingerprint density at radius 1 is 1.07 bits per heavy atom. The summed E-state index contributed by atoms with van der Waals surface area (Å²) in [4.78, 5) is 9.93. The molecule has 2 atom stereocenters. The number of fused-ring (bicyclic) bond motifs is 1. The molecule has 0 aliphatic carbocycles. The summed E-state index contributed by atoms with van der Waals surface area (Å²) in [7, 11) is 1.80. The molecule has 0 N–H and O–H groups in total. The topological polar surface area (TPSA) is 28.6 Å². The summed E-state index contributed by atoms with van der Waals surface area (Å²) < 4.78 is 5.35. The zero-order valence-electron chi connectivity index (χ0n) is 16.6. The lowest BCUT2D eigenvalue weighted by molar-refractivity contribution is 0.116. The van der Waals surface area contributed by atoms with Crippen LogP contribution in [0.15, 0.2) is 48.5 Å². The number of benzene rings is 1. The highest BCUT2D eigenvalue weighted by Crippen LogP contribution is 2.45. The average Bonchev–Trinajstić information content (AvgIpc) is 3.06. The van der Waals surface area contributed by atoms with E-state index in [-0.39, 0.29) is 5.41 Å². The highest BCUT2D eigenvalue weighted by atomic mass is 16.5. The monoisotopic (exact) mass is 365 g/mol. The Bertz CT molecular complexity index is 750. The second kappa shape index (κ2) is 8.09. The van der Waals surface area contributed by atoms with Crippen molar-refractivity contribution in [3.63, 3.8) is 0 Å². The molecule has 1 aromatic carbocycles. The maximum atomic E-state index is 5.35. The molecule has 2 aliphatic rings. The van der Waals surface area contributed by atoms with Crippen molar-refractivity contribution in [3.8, 4) is 0 Å². The second-order valence-electron chi connectivity index (χ2n) is 8.20. The van der Waals surface area contributed by atoms with E-state index in [1.807, 2.05) is 0 Å². The molecule has 0 radical (unpaired) electrons. The van der Waals surface area contributed by atoms with Crippen molar-refractivity contribution in [1.29, 1.82) is 0 Å². The van der Waals surface area contributed by atoms with Crippen LogP contribution in [0.1, 0.15) is 23.4 Å². The molecule has 4 nitrogen and oxygen atoms in total. The van der Waals surface area contributed by atoms with Crippen LogP contribution in [0.5, 0.6) is 0 Å². The van der Waals surface area contributed by atoms with Crippen LogP contribution in [0.3, 0.4) is 0 Å². The van der Waals surface area contributed by atoms with Crippen molar-refractivity contribution in [2.45, 2.75) is 25.3 Å². The lowest BCUT2D eigenvalue weighted by atomic mass is 9.68. The number of aromatic nitrogens is 1. The van der Waals surface area contributed by atoms with Gasteiger partial charge in [-0.25, -0.2) is 0 Å². The Morgan fingerprint density at radius 2 is 1.89 bits per heavy atom. The van der Waals surface area contributed by atoms with Crippen LogP contribution < -0.4 is 0 Å². The third-order valence-electron chi connectivity index (χ3n) is 6.41. The number of nitrogens with zero attached hydrogens (tertiary/aromatic N) is 3. The van der Waals surface area contributed by atoms with Crippen LogP contribution in [-0.2, 0) is 16.7 Å². The molecular formula is C23H31N3O. The minimum atomic E-state index is 0.283. The summed E-state index contributed by atoms with van der Waals surface area (Å²) in [5, 5.41) is 0. The van der Waals surface area contributed by atoms with Crippen LogP contribution in [0, 0.1) is 12.8 Å². The van der Waals surface area contributed by atoms with Gasteiger partial charge in [0.2, 0.25) is 0 Å². The van der Waals surface area contributed by atoms with Crippen molar-refractivity contribution in [1.82, 2.24) is 14.8 Å². The number of hydrogen-bond acceptors (Lipinski definition) is 4. The van der Waals surface area contributed by atoms with E-state index in [1.54, 1.807) is 7.11 Å². The van der Waals surface area contributed by atoms with Gasteiger partial charge in [0.1, 0.15) is 0 Å². The van der Waals surface area contributed by atoms with Gasteiger partial charge in [-0.05, 0) is 43.5 Å². The summed E-state index contributed by atoms with van der Waals surface area (Å²) >= 11 is 0. The number of aryl methyl sites for hydroxylation is 1.